The molecule has 2 N–H and O–H groups in total. The van der Waals surface area contributed by atoms with Gasteiger partial charge in [-0.05, 0) is 29.6 Å². The molecule has 32 heavy (non-hydrogen) atoms. The van der Waals surface area contributed by atoms with Crippen LogP contribution in [0.2, 0.25) is 0 Å². The number of amidine groups is 1. The minimum atomic E-state index is -0.458. The van der Waals surface area contributed by atoms with Crippen molar-refractivity contribution in [3.05, 3.63) is 81.1 Å². The minimum absolute atomic E-state index is 0.0487. The van der Waals surface area contributed by atoms with E-state index in [2.05, 4.69) is 14.7 Å². The van der Waals surface area contributed by atoms with E-state index in [0.29, 0.717) is 26.5 Å². The lowest BCUT2D eigenvalue weighted by molar-refractivity contribution is 0.0597. The second-order valence-corrected chi connectivity index (χ2v) is 8.59. The fourth-order valence-electron chi connectivity index (χ4n) is 3.48. The van der Waals surface area contributed by atoms with E-state index < -0.39 is 11.5 Å². The number of aliphatic imine (C=N–C) groups is 1. The Morgan fingerprint density at radius 2 is 2.03 bits per heavy atom. The first-order valence-corrected chi connectivity index (χ1v) is 11.2. The monoisotopic (exact) mass is 464 g/mol. The van der Waals surface area contributed by atoms with Crippen molar-refractivity contribution in [1.29, 1.82) is 0 Å². The Hall–Kier alpha value is -3.63. The van der Waals surface area contributed by atoms with E-state index in [-0.39, 0.29) is 23.7 Å². The Kier molecular flexibility index (Phi) is 5.16. The molecule has 8 nitrogen and oxygen atoms in total. The number of aromatic hydroxyl groups is 1. The molecule has 0 aliphatic carbocycles. The largest absolute Gasteiger partial charge is 0.506 e. The first-order valence-electron chi connectivity index (χ1n) is 9.54. The van der Waals surface area contributed by atoms with Crippen molar-refractivity contribution in [2.45, 2.75) is 11.4 Å². The number of thiophene rings is 1. The van der Waals surface area contributed by atoms with Crippen molar-refractivity contribution in [2.24, 2.45) is 4.99 Å². The van der Waals surface area contributed by atoms with E-state index >= 15 is 0 Å². The number of carbonyl (C=O) groups excluding carboxylic acids is 1. The van der Waals surface area contributed by atoms with E-state index in [1.54, 1.807) is 23.7 Å². The number of hydrogen-bond acceptors (Lipinski definition) is 9. The summed E-state index contributed by atoms with van der Waals surface area (Å²) in [5.41, 5.74) is 1.34. The van der Waals surface area contributed by atoms with Gasteiger partial charge in [0.15, 0.2) is 5.84 Å². The van der Waals surface area contributed by atoms with Crippen LogP contribution in [0, 0.1) is 0 Å². The number of fused-ring (bicyclic) bond motifs is 2. The summed E-state index contributed by atoms with van der Waals surface area (Å²) in [6.07, 6.45) is 1.58. The van der Waals surface area contributed by atoms with Gasteiger partial charge in [0.25, 0.3) is 5.56 Å². The summed E-state index contributed by atoms with van der Waals surface area (Å²) in [6.45, 7) is 0.289. The number of esters is 1. The molecule has 0 saturated carbocycles. The summed E-state index contributed by atoms with van der Waals surface area (Å²) in [5.74, 6) is -0.432. The summed E-state index contributed by atoms with van der Waals surface area (Å²) in [6, 6.07) is 13.0. The number of hydrogen-bond donors (Lipinski definition) is 2. The number of nitrogens with zero attached hydrogens (tertiary/aromatic N) is 3. The Balaban J connectivity index is 1.69. The topological polar surface area (TPSA) is 106 Å². The summed E-state index contributed by atoms with van der Waals surface area (Å²) in [4.78, 5) is 35.0. The van der Waals surface area contributed by atoms with Crippen LogP contribution < -0.4 is 10.3 Å². The van der Waals surface area contributed by atoms with Crippen LogP contribution in [0.4, 0.5) is 5.00 Å². The number of methoxy groups -OCH3 is 1. The van der Waals surface area contributed by atoms with Crippen LogP contribution in [0.25, 0.3) is 11.0 Å². The van der Waals surface area contributed by atoms with Crippen LogP contribution in [0.3, 0.4) is 0 Å². The zero-order valence-corrected chi connectivity index (χ0v) is 18.4. The third-order valence-corrected chi connectivity index (χ3v) is 6.92. The number of pyridine rings is 2. The van der Waals surface area contributed by atoms with Crippen LogP contribution >= 0.6 is 23.3 Å². The Morgan fingerprint density at radius 1 is 1.22 bits per heavy atom. The SMILES string of the molecule is COC(=O)c1csc2c1SNC(c1c(O)c3cccnc3n(Cc3ccccc3)c1=O)=N2. The molecule has 1 aliphatic rings. The number of benzene rings is 1. The molecule has 1 aliphatic heterocycles. The maximum atomic E-state index is 13.5. The van der Waals surface area contributed by atoms with E-state index in [0.717, 1.165) is 17.5 Å². The van der Waals surface area contributed by atoms with E-state index in [4.69, 9.17) is 4.74 Å². The molecular formula is C22H16N4O4S2. The molecule has 0 atom stereocenters. The van der Waals surface area contributed by atoms with Crippen LogP contribution in [0.1, 0.15) is 21.5 Å². The van der Waals surface area contributed by atoms with Crippen molar-refractivity contribution in [3.63, 3.8) is 0 Å². The highest BCUT2D eigenvalue weighted by molar-refractivity contribution is 7.98. The van der Waals surface area contributed by atoms with Gasteiger partial charge in [-0.25, -0.2) is 14.8 Å². The number of rotatable bonds is 4. The predicted molar refractivity (Wildman–Crippen MR) is 124 cm³/mol. The lowest BCUT2D eigenvalue weighted by Crippen LogP contribution is -2.33. The van der Waals surface area contributed by atoms with Gasteiger partial charge in [-0.2, -0.15) is 0 Å². The van der Waals surface area contributed by atoms with E-state index in [1.807, 2.05) is 30.3 Å². The second kappa shape index (κ2) is 8.13. The van der Waals surface area contributed by atoms with E-state index in [9.17, 15) is 14.7 Å². The smallest absolute Gasteiger partial charge is 0.340 e. The van der Waals surface area contributed by atoms with Gasteiger partial charge in [-0.3, -0.25) is 9.36 Å². The van der Waals surface area contributed by atoms with Gasteiger partial charge in [-0.1, -0.05) is 30.3 Å². The first kappa shape index (κ1) is 20.3. The summed E-state index contributed by atoms with van der Waals surface area (Å²) < 4.78 is 9.34. The van der Waals surface area contributed by atoms with E-state index in [1.165, 1.54) is 23.0 Å². The number of nitrogens with one attached hydrogen (secondary N) is 1. The molecule has 1 aromatic carbocycles. The number of ether oxygens (including phenoxy) is 1. The van der Waals surface area contributed by atoms with Crippen LogP contribution in [0.5, 0.6) is 5.75 Å². The number of carbonyl (C=O) groups is 1. The molecule has 0 bridgehead atoms. The molecular weight excluding hydrogens is 448 g/mol. The Morgan fingerprint density at radius 3 is 2.81 bits per heavy atom. The molecule has 5 rings (SSSR count). The molecule has 0 saturated heterocycles. The third kappa shape index (κ3) is 3.33. The number of aromatic nitrogens is 2. The Labute approximate surface area is 190 Å². The van der Waals surface area contributed by atoms with Gasteiger partial charge in [0.05, 0.1) is 29.5 Å². The fourth-order valence-corrected chi connectivity index (χ4v) is 5.36. The van der Waals surface area contributed by atoms with Crippen LogP contribution in [-0.4, -0.2) is 33.6 Å². The van der Waals surface area contributed by atoms with Crippen molar-refractivity contribution >= 4 is 51.1 Å². The van der Waals surface area contributed by atoms with Crippen molar-refractivity contribution in [2.75, 3.05) is 7.11 Å². The highest BCUT2D eigenvalue weighted by Gasteiger charge is 2.28. The van der Waals surface area contributed by atoms with Crippen molar-refractivity contribution in [1.82, 2.24) is 14.3 Å². The van der Waals surface area contributed by atoms with Crippen LogP contribution in [-0.2, 0) is 11.3 Å². The zero-order valence-electron chi connectivity index (χ0n) is 16.7. The molecule has 4 heterocycles. The maximum absolute atomic E-state index is 13.5. The van der Waals surface area contributed by atoms with Gasteiger partial charge in [0.2, 0.25) is 0 Å². The lowest BCUT2D eigenvalue weighted by atomic mass is 10.1. The quantitative estimate of drug-likeness (QED) is 0.350. The standard InChI is InChI=1S/C22H16N4O4S2/c1-30-22(29)14-11-31-20-17(14)32-25-18(24-20)15-16(27)13-8-5-9-23-19(13)26(21(15)28)10-12-6-3-2-4-7-12/h2-9,11,27H,10H2,1H3,(H,24,25). The second-order valence-electron chi connectivity index (χ2n) is 6.91. The maximum Gasteiger partial charge on any atom is 0.340 e. The first-order chi connectivity index (χ1) is 15.6. The highest BCUT2D eigenvalue weighted by Crippen LogP contribution is 2.41. The van der Waals surface area contributed by atoms with Gasteiger partial charge in [0.1, 0.15) is 22.0 Å². The molecule has 0 radical (unpaired) electrons. The normalized spacial score (nSPS) is 12.7. The summed E-state index contributed by atoms with van der Waals surface area (Å²) >= 11 is 2.42. The van der Waals surface area contributed by atoms with Gasteiger partial charge < -0.3 is 14.6 Å². The molecule has 3 aromatic heterocycles. The predicted octanol–water partition coefficient (Wildman–Crippen LogP) is 3.69. The van der Waals surface area contributed by atoms with Gasteiger partial charge in [-0.15, -0.1) is 11.3 Å². The summed E-state index contributed by atoms with van der Waals surface area (Å²) in [7, 11) is 1.32. The molecule has 0 fully saturated rings. The zero-order chi connectivity index (χ0) is 22.2. The molecule has 4 aromatic rings. The summed E-state index contributed by atoms with van der Waals surface area (Å²) in [5, 5.41) is 13.7. The lowest BCUT2D eigenvalue weighted by Gasteiger charge is -2.18. The molecule has 160 valence electrons. The fraction of sp³-hybridized carbons (Fsp3) is 0.0909. The molecule has 0 amide bonds. The van der Waals surface area contributed by atoms with Crippen molar-refractivity contribution in [3.8, 4) is 5.75 Å². The minimum Gasteiger partial charge on any atom is -0.506 e. The van der Waals surface area contributed by atoms with Gasteiger partial charge >= 0.3 is 5.97 Å². The molecule has 10 heteroatoms. The highest BCUT2D eigenvalue weighted by atomic mass is 32.2. The molecule has 0 spiro atoms. The van der Waals surface area contributed by atoms with Crippen molar-refractivity contribution < 1.29 is 14.6 Å². The Bertz CT molecular complexity index is 1440. The third-order valence-electron chi connectivity index (χ3n) is 5.01. The van der Waals surface area contributed by atoms with Gasteiger partial charge in [0, 0.05) is 11.6 Å². The average molecular weight is 465 g/mol. The average Bonchev–Trinajstić information content (AvgIpc) is 3.25. The molecule has 0 unspecified atom stereocenters. The van der Waals surface area contributed by atoms with Crippen LogP contribution in [0.15, 0.2) is 68.7 Å².